The Balaban J connectivity index is 1.70. The number of rotatable bonds is 4. The van der Waals surface area contributed by atoms with Crippen LogP contribution in [0.5, 0.6) is 11.5 Å². The first-order valence-corrected chi connectivity index (χ1v) is 9.92. The predicted octanol–water partition coefficient (Wildman–Crippen LogP) is 4.67. The lowest BCUT2D eigenvalue weighted by atomic mass is 9.99. The second-order valence-corrected chi connectivity index (χ2v) is 8.30. The van der Waals surface area contributed by atoms with Crippen LogP contribution in [0.2, 0.25) is 5.02 Å². The van der Waals surface area contributed by atoms with Gasteiger partial charge >= 0.3 is 0 Å². The van der Waals surface area contributed by atoms with E-state index in [1.54, 1.807) is 12.1 Å². The van der Waals surface area contributed by atoms with Crippen molar-refractivity contribution in [2.24, 2.45) is 5.92 Å². The van der Waals surface area contributed by atoms with Crippen LogP contribution in [-0.2, 0) is 9.32 Å². The molecule has 2 aromatic rings. The molecule has 0 radical (unpaired) electrons. The van der Waals surface area contributed by atoms with E-state index in [4.69, 9.17) is 20.9 Å². The number of ketones is 1. The van der Waals surface area contributed by atoms with Gasteiger partial charge in [-0.25, -0.2) is 0 Å². The molecule has 2 aromatic carbocycles. The molecule has 0 bridgehead atoms. The molecule has 25 heavy (non-hydrogen) atoms. The minimum atomic E-state index is -1.01. The molecule has 0 amide bonds. The van der Waals surface area contributed by atoms with Crippen molar-refractivity contribution in [2.75, 3.05) is 6.61 Å². The van der Waals surface area contributed by atoms with Gasteiger partial charge in [-0.2, -0.15) is 0 Å². The summed E-state index contributed by atoms with van der Waals surface area (Å²) in [4.78, 5) is 12.2. The zero-order chi connectivity index (χ0) is 17.8. The van der Waals surface area contributed by atoms with Crippen LogP contribution >= 0.6 is 19.9 Å². The van der Waals surface area contributed by atoms with E-state index in [-0.39, 0.29) is 17.7 Å². The number of carbonyl (C=O) groups excluding carboxylic acids is 1. The largest absolute Gasteiger partial charge is 0.457 e. The van der Waals surface area contributed by atoms with E-state index in [9.17, 15) is 4.79 Å². The third-order valence-corrected chi connectivity index (χ3v) is 5.93. The Morgan fingerprint density at radius 1 is 1.12 bits per heavy atom. The lowest BCUT2D eigenvalue weighted by Crippen LogP contribution is -2.38. The van der Waals surface area contributed by atoms with Crippen LogP contribution in [0.25, 0.3) is 0 Å². The van der Waals surface area contributed by atoms with Crippen molar-refractivity contribution >= 4 is 31.0 Å². The average Bonchev–Trinajstić information content (AvgIpc) is 2.79. The van der Waals surface area contributed by atoms with E-state index in [0.29, 0.717) is 18.1 Å². The monoisotopic (exact) mass is 377 g/mol. The fourth-order valence-corrected chi connectivity index (χ4v) is 4.47. The van der Waals surface area contributed by atoms with E-state index in [1.807, 2.05) is 36.4 Å². The molecule has 1 aliphatic heterocycles. The van der Waals surface area contributed by atoms with Crippen LogP contribution in [0.3, 0.4) is 0 Å². The van der Waals surface area contributed by atoms with Crippen molar-refractivity contribution in [2.45, 2.75) is 26.3 Å². The zero-order valence-corrected chi connectivity index (χ0v) is 15.9. The maximum Gasteiger partial charge on any atom is 0.152 e. The Morgan fingerprint density at radius 2 is 1.72 bits per heavy atom. The second-order valence-electron chi connectivity index (χ2n) is 6.24. The minimum absolute atomic E-state index is 0.154. The summed E-state index contributed by atoms with van der Waals surface area (Å²) >= 11 is 5.88. The van der Waals surface area contributed by atoms with Gasteiger partial charge in [0.25, 0.3) is 0 Å². The van der Waals surface area contributed by atoms with Gasteiger partial charge in [-0.1, -0.05) is 25.4 Å². The molecular weight excluding hydrogens is 357 g/mol. The Kier molecular flexibility index (Phi) is 6.08. The molecule has 132 valence electrons. The van der Waals surface area contributed by atoms with Crippen molar-refractivity contribution in [1.29, 1.82) is 0 Å². The van der Waals surface area contributed by atoms with Crippen LogP contribution in [0.1, 0.15) is 20.3 Å². The molecule has 3 rings (SSSR count). The van der Waals surface area contributed by atoms with Crippen molar-refractivity contribution < 1.29 is 14.1 Å². The van der Waals surface area contributed by atoms with Crippen molar-refractivity contribution in [1.82, 2.24) is 5.09 Å². The lowest BCUT2D eigenvalue weighted by molar-refractivity contribution is -0.121. The third kappa shape index (κ3) is 4.80. The summed E-state index contributed by atoms with van der Waals surface area (Å²) in [6, 6.07) is 14.9. The number of hydrogen-bond acceptors (Lipinski definition) is 4. The number of nitrogens with one attached hydrogen (secondary N) is 1. The highest BCUT2D eigenvalue weighted by Gasteiger charge is 2.29. The number of carbonyl (C=O) groups is 1. The summed E-state index contributed by atoms with van der Waals surface area (Å²) in [6.45, 7) is 4.57. The molecule has 0 aromatic heterocycles. The molecule has 1 aliphatic rings. The molecule has 1 saturated heterocycles. The molecule has 1 heterocycles. The molecule has 0 aliphatic carbocycles. The summed E-state index contributed by atoms with van der Waals surface area (Å²) < 4.78 is 11.7. The summed E-state index contributed by atoms with van der Waals surface area (Å²) in [7, 11) is -1.01. The quantitative estimate of drug-likeness (QED) is 0.786. The van der Waals surface area contributed by atoms with Crippen LogP contribution in [0.15, 0.2) is 48.5 Å². The molecule has 1 N–H and O–H groups in total. The molecule has 2 atom stereocenters. The first-order valence-electron chi connectivity index (χ1n) is 8.28. The fourth-order valence-electron chi connectivity index (χ4n) is 2.59. The molecule has 6 heteroatoms. The van der Waals surface area contributed by atoms with E-state index in [2.05, 4.69) is 18.9 Å². The number of Topliss-reactive ketones (excluding diaryl/α,β-unsaturated/α-hetero) is 1. The maximum absolute atomic E-state index is 12.2. The van der Waals surface area contributed by atoms with Crippen molar-refractivity contribution in [3.05, 3.63) is 53.6 Å². The molecule has 0 spiro atoms. The van der Waals surface area contributed by atoms with Crippen LogP contribution in [0.4, 0.5) is 0 Å². The summed E-state index contributed by atoms with van der Waals surface area (Å²) in [5.41, 5.74) is 0. The first-order chi connectivity index (χ1) is 12.0. The smallest absolute Gasteiger partial charge is 0.152 e. The predicted molar refractivity (Wildman–Crippen MR) is 102 cm³/mol. The first kappa shape index (κ1) is 18.3. The van der Waals surface area contributed by atoms with E-state index < -0.39 is 8.30 Å². The normalized spacial score (nSPS) is 21.2. The molecule has 0 saturated carbocycles. The Morgan fingerprint density at radius 3 is 2.32 bits per heavy atom. The average molecular weight is 378 g/mol. The summed E-state index contributed by atoms with van der Waals surface area (Å²) in [5, 5.41) is 5.11. The lowest BCUT2D eigenvalue weighted by Gasteiger charge is -2.23. The van der Waals surface area contributed by atoms with E-state index >= 15 is 0 Å². The molecule has 4 nitrogen and oxygen atoms in total. The van der Waals surface area contributed by atoms with Gasteiger partial charge in [0.05, 0.1) is 12.6 Å². The van der Waals surface area contributed by atoms with Crippen LogP contribution in [-0.4, -0.2) is 18.4 Å². The number of halogens is 1. The highest BCUT2D eigenvalue weighted by Crippen LogP contribution is 2.36. The highest BCUT2D eigenvalue weighted by atomic mass is 35.5. The van der Waals surface area contributed by atoms with Gasteiger partial charge in [-0.15, -0.1) is 0 Å². The van der Waals surface area contributed by atoms with Gasteiger partial charge in [0, 0.05) is 16.7 Å². The fraction of sp³-hybridized carbons (Fsp3) is 0.316. The number of hydrogen-bond donors (Lipinski definition) is 1. The summed E-state index contributed by atoms with van der Waals surface area (Å²) in [6.07, 6.45) is 0.465. The number of benzene rings is 2. The van der Waals surface area contributed by atoms with Crippen molar-refractivity contribution in [3.8, 4) is 11.5 Å². The molecular formula is C19H21ClNO3P. The Bertz CT molecular complexity index is 718. The highest BCUT2D eigenvalue weighted by molar-refractivity contribution is 7.58. The SMILES string of the molecule is CC(C)C1NP(c2ccc(Oc3ccc(Cl)cc3)cc2)OCCC1=O. The third-order valence-electron chi connectivity index (χ3n) is 3.96. The van der Waals surface area contributed by atoms with Crippen LogP contribution < -0.4 is 15.1 Å². The molecule has 2 unspecified atom stereocenters. The Labute approximate surface area is 154 Å². The van der Waals surface area contributed by atoms with Gasteiger partial charge in [0.1, 0.15) is 19.8 Å². The van der Waals surface area contributed by atoms with Gasteiger partial charge in [0.15, 0.2) is 5.78 Å². The van der Waals surface area contributed by atoms with Gasteiger partial charge < -0.3 is 9.26 Å². The summed E-state index contributed by atoms with van der Waals surface area (Å²) in [5.74, 6) is 1.94. The minimum Gasteiger partial charge on any atom is -0.457 e. The van der Waals surface area contributed by atoms with Gasteiger partial charge in [-0.3, -0.25) is 9.88 Å². The standard InChI is InChI=1S/C19H21ClNO3P/c1-13(2)19-18(22)11-12-23-25(21-19)17-9-7-16(8-10-17)24-15-5-3-14(20)4-6-15/h3-10,13,19,21H,11-12H2,1-2H3. The van der Waals surface area contributed by atoms with Crippen molar-refractivity contribution in [3.63, 3.8) is 0 Å². The second kappa shape index (κ2) is 8.29. The van der Waals surface area contributed by atoms with Gasteiger partial charge in [-0.05, 0) is 54.4 Å². The Hall–Kier alpha value is -1.45. The zero-order valence-electron chi connectivity index (χ0n) is 14.2. The van der Waals surface area contributed by atoms with Gasteiger partial charge in [0.2, 0.25) is 0 Å². The van der Waals surface area contributed by atoms with E-state index in [1.165, 1.54) is 0 Å². The topological polar surface area (TPSA) is 47.6 Å². The number of ether oxygens (including phenoxy) is 1. The maximum atomic E-state index is 12.2. The van der Waals surface area contributed by atoms with E-state index in [0.717, 1.165) is 16.8 Å². The van der Waals surface area contributed by atoms with Crippen LogP contribution in [0, 0.1) is 5.92 Å². The molecule has 1 fully saturated rings.